The molecule has 1 saturated heterocycles. The number of ether oxygens (including phenoxy) is 1. The third-order valence-corrected chi connectivity index (χ3v) is 3.45. The summed E-state index contributed by atoms with van der Waals surface area (Å²) in [4.78, 5) is 20.3. The first kappa shape index (κ1) is 16.5. The Morgan fingerprint density at radius 2 is 1.91 bits per heavy atom. The van der Waals surface area contributed by atoms with Gasteiger partial charge in [-0.25, -0.2) is 4.79 Å². The predicted octanol–water partition coefficient (Wildman–Crippen LogP) is 1.94. The molecule has 1 aromatic rings. The normalized spacial score (nSPS) is 15.9. The van der Waals surface area contributed by atoms with Crippen molar-refractivity contribution in [3.8, 4) is 0 Å². The van der Waals surface area contributed by atoms with E-state index in [2.05, 4.69) is 9.88 Å². The number of aromatic nitrogens is 1. The first-order valence-corrected chi connectivity index (χ1v) is 7.60. The van der Waals surface area contributed by atoms with Crippen LogP contribution in [0, 0.1) is 6.92 Å². The van der Waals surface area contributed by atoms with Gasteiger partial charge >= 0.3 is 6.09 Å². The second kappa shape index (κ2) is 6.52. The van der Waals surface area contributed by atoms with Crippen LogP contribution in [-0.2, 0) is 11.3 Å². The Morgan fingerprint density at radius 1 is 1.27 bits per heavy atom. The molecule has 6 nitrogen and oxygen atoms in total. The fourth-order valence-corrected chi connectivity index (χ4v) is 2.45. The fourth-order valence-electron chi connectivity index (χ4n) is 2.45. The molecular formula is C16H25N3O3. The van der Waals surface area contributed by atoms with Crippen molar-refractivity contribution in [2.45, 2.75) is 39.9 Å². The number of aliphatic hydroxyl groups is 1. The highest BCUT2D eigenvalue weighted by Crippen LogP contribution is 2.20. The number of carbonyl (C=O) groups is 1. The van der Waals surface area contributed by atoms with E-state index in [1.165, 1.54) is 0 Å². The van der Waals surface area contributed by atoms with Crippen molar-refractivity contribution in [1.29, 1.82) is 0 Å². The van der Waals surface area contributed by atoms with Crippen molar-refractivity contribution in [1.82, 2.24) is 9.88 Å². The molecule has 0 radical (unpaired) electrons. The van der Waals surface area contributed by atoms with Gasteiger partial charge < -0.3 is 19.6 Å². The molecule has 0 unspecified atom stereocenters. The minimum Gasteiger partial charge on any atom is -0.444 e. The Bertz CT molecular complexity index is 532. The van der Waals surface area contributed by atoms with Crippen molar-refractivity contribution in [2.75, 3.05) is 31.1 Å². The molecule has 1 aliphatic heterocycles. The molecule has 0 aliphatic carbocycles. The molecule has 1 fully saturated rings. The number of pyridine rings is 1. The number of hydrogen-bond acceptors (Lipinski definition) is 5. The van der Waals surface area contributed by atoms with Crippen molar-refractivity contribution in [3.63, 3.8) is 0 Å². The molecule has 1 aromatic heterocycles. The molecule has 0 spiro atoms. The van der Waals surface area contributed by atoms with Gasteiger partial charge in [-0.3, -0.25) is 4.98 Å². The Morgan fingerprint density at radius 3 is 2.45 bits per heavy atom. The number of rotatable bonds is 2. The van der Waals surface area contributed by atoms with E-state index in [-0.39, 0.29) is 12.7 Å². The lowest BCUT2D eigenvalue weighted by Gasteiger charge is -2.36. The third-order valence-electron chi connectivity index (χ3n) is 3.45. The topological polar surface area (TPSA) is 65.9 Å². The highest BCUT2D eigenvalue weighted by atomic mass is 16.6. The van der Waals surface area contributed by atoms with Gasteiger partial charge in [0.15, 0.2) is 0 Å². The van der Waals surface area contributed by atoms with Gasteiger partial charge in [-0.15, -0.1) is 0 Å². The molecule has 1 amide bonds. The SMILES string of the molecule is Cc1cc(N2CCN(C(=O)OC(C)(C)C)CC2)cc(CO)n1. The molecule has 1 N–H and O–H groups in total. The molecule has 0 saturated carbocycles. The molecule has 1 aliphatic rings. The van der Waals surface area contributed by atoms with Crippen LogP contribution in [0.4, 0.5) is 10.5 Å². The van der Waals surface area contributed by atoms with E-state index in [0.29, 0.717) is 18.8 Å². The molecule has 0 bridgehead atoms. The summed E-state index contributed by atoms with van der Waals surface area (Å²) in [6.07, 6.45) is -0.255. The average molecular weight is 307 g/mol. The number of aryl methyl sites for hydroxylation is 1. The van der Waals surface area contributed by atoms with Gasteiger partial charge in [-0.1, -0.05) is 0 Å². The van der Waals surface area contributed by atoms with Crippen LogP contribution in [0.3, 0.4) is 0 Å². The number of amides is 1. The summed E-state index contributed by atoms with van der Waals surface area (Å²) in [5.41, 5.74) is 2.13. The molecule has 0 aromatic carbocycles. The summed E-state index contributed by atoms with van der Waals surface area (Å²) >= 11 is 0. The van der Waals surface area contributed by atoms with E-state index in [9.17, 15) is 9.90 Å². The maximum absolute atomic E-state index is 12.1. The molecule has 2 rings (SSSR count). The van der Waals surface area contributed by atoms with E-state index >= 15 is 0 Å². The van der Waals surface area contributed by atoms with Crippen LogP contribution in [-0.4, -0.2) is 52.9 Å². The molecule has 22 heavy (non-hydrogen) atoms. The van der Waals surface area contributed by atoms with Crippen LogP contribution in [0.2, 0.25) is 0 Å². The standard InChI is InChI=1S/C16H25N3O3/c1-12-9-14(10-13(11-20)17-12)18-5-7-19(8-6-18)15(21)22-16(2,3)4/h9-10,20H,5-8,11H2,1-4H3. The van der Waals surface area contributed by atoms with E-state index in [1.54, 1.807) is 4.90 Å². The number of carbonyl (C=O) groups excluding carboxylic acids is 1. The van der Waals surface area contributed by atoms with Crippen molar-refractivity contribution >= 4 is 11.8 Å². The van der Waals surface area contributed by atoms with E-state index in [1.807, 2.05) is 39.8 Å². The third kappa shape index (κ3) is 4.34. The largest absolute Gasteiger partial charge is 0.444 e. The Hall–Kier alpha value is -1.82. The zero-order chi connectivity index (χ0) is 16.3. The lowest BCUT2D eigenvalue weighted by atomic mass is 10.2. The van der Waals surface area contributed by atoms with Crippen LogP contribution in [0.1, 0.15) is 32.2 Å². The van der Waals surface area contributed by atoms with Gasteiger partial charge in [0.25, 0.3) is 0 Å². The van der Waals surface area contributed by atoms with Crippen molar-refractivity contribution in [2.24, 2.45) is 0 Å². The first-order valence-electron chi connectivity index (χ1n) is 7.60. The summed E-state index contributed by atoms with van der Waals surface area (Å²) in [5.74, 6) is 0. The predicted molar refractivity (Wildman–Crippen MR) is 84.9 cm³/mol. The Labute approximate surface area is 131 Å². The summed E-state index contributed by atoms with van der Waals surface area (Å²) < 4.78 is 5.40. The van der Waals surface area contributed by atoms with Crippen LogP contribution in [0.15, 0.2) is 12.1 Å². The molecule has 122 valence electrons. The summed E-state index contributed by atoms with van der Waals surface area (Å²) in [7, 11) is 0. The molecular weight excluding hydrogens is 282 g/mol. The number of hydrogen-bond donors (Lipinski definition) is 1. The summed E-state index contributed by atoms with van der Waals surface area (Å²) in [6.45, 7) is 10.2. The Kier molecular flexibility index (Phi) is 4.90. The fraction of sp³-hybridized carbons (Fsp3) is 0.625. The lowest BCUT2D eigenvalue weighted by molar-refractivity contribution is 0.0240. The molecule has 2 heterocycles. The summed E-state index contributed by atoms with van der Waals surface area (Å²) in [6, 6.07) is 3.90. The van der Waals surface area contributed by atoms with Crippen molar-refractivity contribution < 1.29 is 14.6 Å². The minimum atomic E-state index is -0.466. The van der Waals surface area contributed by atoms with Gasteiger partial charge in [0.1, 0.15) is 5.60 Å². The quantitative estimate of drug-likeness (QED) is 0.904. The lowest BCUT2D eigenvalue weighted by Crippen LogP contribution is -2.50. The Balaban J connectivity index is 1.97. The smallest absolute Gasteiger partial charge is 0.410 e. The van der Waals surface area contributed by atoms with Gasteiger partial charge in [-0.05, 0) is 39.8 Å². The number of piperazine rings is 1. The zero-order valence-corrected chi connectivity index (χ0v) is 13.8. The van der Waals surface area contributed by atoms with E-state index in [0.717, 1.165) is 24.5 Å². The number of nitrogens with zero attached hydrogens (tertiary/aromatic N) is 3. The van der Waals surface area contributed by atoms with Gasteiger partial charge in [-0.2, -0.15) is 0 Å². The maximum Gasteiger partial charge on any atom is 0.410 e. The number of anilines is 1. The van der Waals surface area contributed by atoms with Gasteiger partial charge in [0.05, 0.1) is 12.3 Å². The van der Waals surface area contributed by atoms with Crippen molar-refractivity contribution in [3.05, 3.63) is 23.5 Å². The highest BCUT2D eigenvalue weighted by Gasteiger charge is 2.26. The first-order chi connectivity index (χ1) is 10.3. The minimum absolute atomic E-state index is 0.0629. The van der Waals surface area contributed by atoms with Gasteiger partial charge in [0.2, 0.25) is 0 Å². The second-order valence-electron chi connectivity index (χ2n) is 6.57. The van der Waals surface area contributed by atoms with E-state index < -0.39 is 5.60 Å². The molecule has 6 heteroatoms. The van der Waals surface area contributed by atoms with Crippen LogP contribution < -0.4 is 4.90 Å². The van der Waals surface area contributed by atoms with Gasteiger partial charge in [0, 0.05) is 37.6 Å². The highest BCUT2D eigenvalue weighted by molar-refractivity contribution is 5.68. The average Bonchev–Trinajstić information content (AvgIpc) is 2.45. The van der Waals surface area contributed by atoms with Crippen LogP contribution >= 0.6 is 0 Å². The number of aliphatic hydroxyl groups excluding tert-OH is 1. The zero-order valence-electron chi connectivity index (χ0n) is 13.8. The van der Waals surface area contributed by atoms with Crippen LogP contribution in [0.5, 0.6) is 0 Å². The summed E-state index contributed by atoms with van der Waals surface area (Å²) in [5, 5.41) is 9.26. The maximum atomic E-state index is 12.1. The monoisotopic (exact) mass is 307 g/mol. The van der Waals surface area contributed by atoms with Crippen LogP contribution in [0.25, 0.3) is 0 Å². The van der Waals surface area contributed by atoms with E-state index in [4.69, 9.17) is 4.74 Å². The molecule has 0 atom stereocenters. The second-order valence-corrected chi connectivity index (χ2v) is 6.57.